The zero-order valence-electron chi connectivity index (χ0n) is 11.1. The minimum Gasteiger partial charge on any atom is -0.461 e. The Bertz CT molecular complexity index is 625. The molecule has 0 aliphatic carbocycles. The average molecular weight is 280 g/mol. The van der Waals surface area contributed by atoms with E-state index in [4.69, 9.17) is 4.74 Å². The van der Waals surface area contributed by atoms with Crippen molar-refractivity contribution in [1.29, 1.82) is 0 Å². The molecule has 0 N–H and O–H groups in total. The number of imidazole rings is 1. The van der Waals surface area contributed by atoms with Crippen LogP contribution in [0.3, 0.4) is 0 Å². The van der Waals surface area contributed by atoms with Crippen LogP contribution in [0.1, 0.15) is 35.9 Å². The molecule has 1 atom stereocenters. The van der Waals surface area contributed by atoms with Gasteiger partial charge in [0.2, 0.25) is 5.95 Å². The fourth-order valence-corrected chi connectivity index (χ4v) is 1.98. The second kappa shape index (κ2) is 5.81. The molecule has 0 aliphatic rings. The number of rotatable bonds is 4. The first-order valence-electron chi connectivity index (χ1n) is 6.20. The summed E-state index contributed by atoms with van der Waals surface area (Å²) in [4.78, 5) is 15.2. The van der Waals surface area contributed by atoms with Gasteiger partial charge in [-0.25, -0.2) is 14.2 Å². The normalized spacial score (nSPS) is 12.2. The summed E-state index contributed by atoms with van der Waals surface area (Å²) in [7, 11) is 0. The van der Waals surface area contributed by atoms with Gasteiger partial charge in [0.1, 0.15) is 5.82 Å². The summed E-state index contributed by atoms with van der Waals surface area (Å²) < 4.78 is 33.5. The van der Waals surface area contributed by atoms with Crippen molar-refractivity contribution >= 4 is 5.97 Å². The molecule has 1 aromatic carbocycles. The van der Waals surface area contributed by atoms with Gasteiger partial charge in [-0.15, -0.1) is 0 Å². The Morgan fingerprint density at radius 3 is 2.75 bits per heavy atom. The zero-order valence-corrected chi connectivity index (χ0v) is 11.1. The molecule has 106 valence electrons. The van der Waals surface area contributed by atoms with Gasteiger partial charge in [-0.1, -0.05) is 18.2 Å². The van der Waals surface area contributed by atoms with Gasteiger partial charge >= 0.3 is 5.97 Å². The number of ether oxygens (including phenoxy) is 1. The first-order valence-corrected chi connectivity index (χ1v) is 6.20. The largest absolute Gasteiger partial charge is 0.461 e. The Kier molecular flexibility index (Phi) is 4.12. The molecule has 20 heavy (non-hydrogen) atoms. The molecule has 0 spiro atoms. The second-order valence-corrected chi connectivity index (χ2v) is 4.21. The van der Waals surface area contributed by atoms with Crippen LogP contribution in [0, 0.1) is 11.8 Å². The summed E-state index contributed by atoms with van der Waals surface area (Å²) in [5.41, 5.74) is 0.0399. The first kappa shape index (κ1) is 14.2. The maximum Gasteiger partial charge on any atom is 0.359 e. The molecule has 0 amide bonds. The van der Waals surface area contributed by atoms with Crippen molar-refractivity contribution in [2.45, 2.75) is 19.9 Å². The molecule has 1 heterocycles. The van der Waals surface area contributed by atoms with E-state index >= 15 is 0 Å². The molecule has 0 aliphatic heterocycles. The van der Waals surface area contributed by atoms with Gasteiger partial charge in [0.25, 0.3) is 0 Å². The number of carbonyl (C=O) groups is 1. The topological polar surface area (TPSA) is 44.1 Å². The molecule has 1 aromatic heterocycles. The number of halogens is 2. The third-order valence-electron chi connectivity index (χ3n) is 2.99. The molecular formula is C14H14F2N2O2. The van der Waals surface area contributed by atoms with Crippen molar-refractivity contribution in [3.63, 3.8) is 0 Å². The van der Waals surface area contributed by atoms with Crippen LogP contribution in [-0.4, -0.2) is 22.1 Å². The lowest BCUT2D eigenvalue weighted by molar-refractivity contribution is 0.0506. The van der Waals surface area contributed by atoms with Gasteiger partial charge in [-0.05, 0) is 19.9 Å². The molecule has 2 aromatic rings. The molecule has 0 saturated carbocycles. The van der Waals surface area contributed by atoms with Crippen LogP contribution in [0.5, 0.6) is 0 Å². The van der Waals surface area contributed by atoms with E-state index in [1.807, 2.05) is 0 Å². The lowest BCUT2D eigenvalue weighted by Gasteiger charge is -2.16. The van der Waals surface area contributed by atoms with Crippen LogP contribution in [0.25, 0.3) is 0 Å². The van der Waals surface area contributed by atoms with Crippen LogP contribution < -0.4 is 0 Å². The molecule has 0 bridgehead atoms. The summed E-state index contributed by atoms with van der Waals surface area (Å²) in [5, 5.41) is 0. The number of nitrogens with zero attached hydrogens (tertiary/aromatic N) is 2. The van der Waals surface area contributed by atoms with E-state index in [2.05, 4.69) is 4.98 Å². The van der Waals surface area contributed by atoms with Gasteiger partial charge in [-0.3, -0.25) is 0 Å². The minimum atomic E-state index is -0.924. The van der Waals surface area contributed by atoms with Gasteiger partial charge in [0, 0.05) is 5.56 Å². The Hall–Kier alpha value is -2.24. The highest BCUT2D eigenvalue weighted by Gasteiger charge is 2.24. The number of esters is 1. The minimum absolute atomic E-state index is 0.123. The SMILES string of the molecule is CCOC(=O)c1c(F)ncn1[C@H](C)c1ccccc1F. The van der Waals surface area contributed by atoms with E-state index in [9.17, 15) is 13.6 Å². The van der Waals surface area contributed by atoms with E-state index in [-0.39, 0.29) is 12.3 Å². The summed E-state index contributed by atoms with van der Waals surface area (Å²) >= 11 is 0. The third kappa shape index (κ3) is 2.54. The van der Waals surface area contributed by atoms with Crippen molar-refractivity contribution < 1.29 is 18.3 Å². The van der Waals surface area contributed by atoms with Crippen LogP contribution in [0.15, 0.2) is 30.6 Å². The monoisotopic (exact) mass is 280 g/mol. The zero-order chi connectivity index (χ0) is 14.7. The first-order chi connectivity index (χ1) is 9.56. The van der Waals surface area contributed by atoms with Crippen LogP contribution in [0.4, 0.5) is 8.78 Å². The molecule has 0 fully saturated rings. The Morgan fingerprint density at radius 1 is 1.40 bits per heavy atom. The third-order valence-corrected chi connectivity index (χ3v) is 2.99. The van der Waals surface area contributed by atoms with Crippen LogP contribution in [-0.2, 0) is 4.74 Å². The number of benzene rings is 1. The quantitative estimate of drug-likeness (QED) is 0.809. The molecule has 0 unspecified atom stereocenters. The fourth-order valence-electron chi connectivity index (χ4n) is 1.98. The van der Waals surface area contributed by atoms with Gasteiger partial charge in [0.05, 0.1) is 19.0 Å². The Balaban J connectivity index is 2.43. The number of aromatic nitrogens is 2. The lowest BCUT2D eigenvalue weighted by Crippen LogP contribution is -2.17. The van der Waals surface area contributed by atoms with Gasteiger partial charge < -0.3 is 9.30 Å². The molecular weight excluding hydrogens is 266 g/mol. The highest BCUT2D eigenvalue weighted by Crippen LogP contribution is 2.23. The van der Waals surface area contributed by atoms with E-state index in [1.54, 1.807) is 32.0 Å². The van der Waals surface area contributed by atoms with Crippen molar-refractivity contribution in [3.8, 4) is 0 Å². The highest BCUT2D eigenvalue weighted by atomic mass is 19.1. The molecule has 4 nitrogen and oxygen atoms in total. The maximum atomic E-state index is 13.8. The van der Waals surface area contributed by atoms with E-state index in [1.165, 1.54) is 17.0 Å². The average Bonchev–Trinajstić information content (AvgIpc) is 2.81. The predicted molar refractivity (Wildman–Crippen MR) is 68.4 cm³/mol. The van der Waals surface area contributed by atoms with Crippen LogP contribution in [0.2, 0.25) is 0 Å². The van der Waals surface area contributed by atoms with Crippen molar-refractivity contribution in [3.05, 3.63) is 53.6 Å². The van der Waals surface area contributed by atoms with Crippen LogP contribution >= 0.6 is 0 Å². The Morgan fingerprint density at radius 2 is 2.10 bits per heavy atom. The maximum absolute atomic E-state index is 13.8. The van der Waals surface area contributed by atoms with Gasteiger partial charge in [0.15, 0.2) is 5.69 Å². The summed E-state index contributed by atoms with van der Waals surface area (Å²) in [6, 6.07) is 5.54. The number of hydrogen-bond donors (Lipinski definition) is 0. The lowest BCUT2D eigenvalue weighted by atomic mass is 10.1. The van der Waals surface area contributed by atoms with Crippen molar-refractivity contribution in [2.75, 3.05) is 6.61 Å². The molecule has 0 saturated heterocycles. The second-order valence-electron chi connectivity index (χ2n) is 4.21. The molecule has 6 heteroatoms. The molecule has 2 rings (SSSR count). The summed E-state index contributed by atoms with van der Waals surface area (Å²) in [6.45, 7) is 3.40. The van der Waals surface area contributed by atoms with Crippen molar-refractivity contribution in [2.24, 2.45) is 0 Å². The van der Waals surface area contributed by atoms with E-state index < -0.39 is 23.8 Å². The van der Waals surface area contributed by atoms with E-state index in [0.717, 1.165) is 0 Å². The predicted octanol–water partition coefficient (Wildman–Crippen LogP) is 2.95. The standard InChI is InChI=1S/C14H14F2N2O2/c1-3-20-14(19)12-13(16)17-8-18(12)9(2)10-6-4-5-7-11(10)15/h4-9H,3H2,1-2H3/t9-/m1/s1. The smallest absolute Gasteiger partial charge is 0.359 e. The van der Waals surface area contributed by atoms with E-state index in [0.29, 0.717) is 5.56 Å². The number of carbonyl (C=O) groups excluding carboxylic acids is 1. The highest BCUT2D eigenvalue weighted by molar-refractivity contribution is 5.87. The summed E-state index contributed by atoms with van der Waals surface area (Å²) in [5.74, 6) is -2.17. The fraction of sp³-hybridized carbons (Fsp3) is 0.286. The van der Waals surface area contributed by atoms with Gasteiger partial charge in [-0.2, -0.15) is 4.39 Å². The summed E-state index contributed by atoms with van der Waals surface area (Å²) in [6.07, 6.45) is 1.17. The Labute approximate surface area is 115 Å². The molecule has 0 radical (unpaired) electrons. The number of hydrogen-bond acceptors (Lipinski definition) is 3. The van der Waals surface area contributed by atoms with Crippen molar-refractivity contribution in [1.82, 2.24) is 9.55 Å².